The average molecular weight is 253 g/mol. The van der Waals surface area contributed by atoms with E-state index in [1.165, 1.54) is 0 Å². The topological polar surface area (TPSA) is 91.9 Å². The van der Waals surface area contributed by atoms with Crippen LogP contribution in [0.2, 0.25) is 0 Å². The molecule has 0 aliphatic heterocycles. The second-order valence-electron chi connectivity index (χ2n) is 3.44. The highest BCUT2D eigenvalue weighted by Gasteiger charge is 2.20. The zero-order chi connectivity index (χ0) is 12.5. The van der Waals surface area contributed by atoms with E-state index < -0.39 is 15.9 Å². The highest BCUT2D eigenvalue weighted by atomic mass is 32.2. The number of sulfonamides is 1. The summed E-state index contributed by atoms with van der Waals surface area (Å²) >= 11 is 0. The lowest BCUT2D eigenvalue weighted by molar-refractivity contribution is -0.119. The molecule has 6 nitrogen and oxygen atoms in total. The number of H-pyrrole nitrogens is 1. The molecule has 0 atom stereocenters. The van der Waals surface area contributed by atoms with Crippen molar-refractivity contribution >= 4 is 27.0 Å². The number of benzene rings is 1. The van der Waals surface area contributed by atoms with E-state index in [1.54, 1.807) is 31.2 Å². The van der Waals surface area contributed by atoms with Gasteiger partial charge in [0.05, 0.1) is 11.0 Å². The van der Waals surface area contributed by atoms with Gasteiger partial charge in [-0.2, -0.15) is 8.42 Å². The van der Waals surface area contributed by atoms with Gasteiger partial charge >= 0.3 is 0 Å². The number of imidazole rings is 1. The summed E-state index contributed by atoms with van der Waals surface area (Å²) in [5.74, 6) is -0.564. The molecule has 2 rings (SSSR count). The third-order valence-corrected chi connectivity index (χ3v) is 3.39. The number of rotatable bonds is 3. The third kappa shape index (κ3) is 2.28. The van der Waals surface area contributed by atoms with E-state index in [0.717, 1.165) is 0 Å². The molecule has 1 aromatic carbocycles. The number of hydrogen-bond donors (Lipinski definition) is 2. The molecule has 2 N–H and O–H groups in total. The quantitative estimate of drug-likeness (QED) is 0.845. The lowest BCUT2D eigenvalue weighted by Gasteiger charge is -2.01. The smallest absolute Gasteiger partial charge is 0.297 e. The normalized spacial score (nSPS) is 11.6. The van der Waals surface area contributed by atoms with Crippen LogP contribution >= 0.6 is 0 Å². The van der Waals surface area contributed by atoms with Crippen LogP contribution in [0.5, 0.6) is 0 Å². The van der Waals surface area contributed by atoms with Crippen molar-refractivity contribution in [2.24, 2.45) is 0 Å². The standard InChI is InChI=1S/C10H11N3O3S/c1-2-9(14)13-17(15,16)10-11-7-5-3-4-6-8(7)12-10/h3-6H,2H2,1H3,(H,11,12)(H,13,14). The summed E-state index contributed by atoms with van der Waals surface area (Å²) in [7, 11) is -3.90. The molecule has 1 heterocycles. The van der Waals surface area contributed by atoms with Crippen molar-refractivity contribution in [3.8, 4) is 0 Å². The molecule has 1 amide bonds. The first-order valence-electron chi connectivity index (χ1n) is 5.03. The molecule has 7 heteroatoms. The van der Waals surface area contributed by atoms with E-state index in [9.17, 15) is 13.2 Å². The molecule has 0 bridgehead atoms. The number of nitrogens with one attached hydrogen (secondary N) is 2. The lowest BCUT2D eigenvalue weighted by atomic mass is 10.3. The van der Waals surface area contributed by atoms with Crippen LogP contribution in [0, 0.1) is 0 Å². The third-order valence-electron chi connectivity index (χ3n) is 2.19. The van der Waals surface area contributed by atoms with Crippen LogP contribution in [0.1, 0.15) is 13.3 Å². The maximum atomic E-state index is 11.7. The van der Waals surface area contributed by atoms with Crippen LogP contribution in [0.4, 0.5) is 0 Å². The summed E-state index contributed by atoms with van der Waals surface area (Å²) < 4.78 is 25.4. The molecule has 90 valence electrons. The highest BCUT2D eigenvalue weighted by molar-refractivity contribution is 7.89. The maximum absolute atomic E-state index is 11.7. The van der Waals surface area contributed by atoms with Gasteiger partial charge < -0.3 is 4.98 Å². The molecule has 0 unspecified atom stereocenters. The monoisotopic (exact) mass is 253 g/mol. The molecule has 0 spiro atoms. The van der Waals surface area contributed by atoms with Crippen molar-refractivity contribution in [2.75, 3.05) is 0 Å². The Morgan fingerprint density at radius 1 is 1.41 bits per heavy atom. The Balaban J connectivity index is 2.42. The van der Waals surface area contributed by atoms with Gasteiger partial charge in [-0.25, -0.2) is 9.71 Å². The Labute approximate surface area is 98.1 Å². The first-order valence-corrected chi connectivity index (χ1v) is 6.51. The first-order chi connectivity index (χ1) is 8.03. The zero-order valence-corrected chi connectivity index (χ0v) is 9.91. The minimum atomic E-state index is -3.90. The van der Waals surface area contributed by atoms with Gasteiger partial charge in [-0.3, -0.25) is 4.79 Å². The molecule has 0 aliphatic rings. The second-order valence-corrected chi connectivity index (χ2v) is 5.04. The molecule has 0 fully saturated rings. The molecular weight excluding hydrogens is 242 g/mol. The summed E-state index contributed by atoms with van der Waals surface area (Å²) in [5, 5.41) is -0.250. The fourth-order valence-corrected chi connectivity index (χ4v) is 2.33. The van der Waals surface area contributed by atoms with E-state index in [1.807, 2.05) is 4.72 Å². The summed E-state index contributed by atoms with van der Waals surface area (Å²) in [6.45, 7) is 1.57. The van der Waals surface area contributed by atoms with Gasteiger partial charge in [-0.05, 0) is 12.1 Å². The molecule has 2 aromatic rings. The van der Waals surface area contributed by atoms with Gasteiger partial charge in [0.25, 0.3) is 10.0 Å². The highest BCUT2D eigenvalue weighted by Crippen LogP contribution is 2.13. The van der Waals surface area contributed by atoms with Crippen molar-refractivity contribution in [2.45, 2.75) is 18.5 Å². The Morgan fingerprint density at radius 3 is 2.76 bits per heavy atom. The summed E-state index contributed by atoms with van der Waals surface area (Å²) in [6.07, 6.45) is 0.0967. The Hall–Kier alpha value is -1.89. The van der Waals surface area contributed by atoms with Crippen molar-refractivity contribution in [1.82, 2.24) is 14.7 Å². The zero-order valence-electron chi connectivity index (χ0n) is 9.10. The van der Waals surface area contributed by atoms with Gasteiger partial charge in [0.2, 0.25) is 11.1 Å². The molecular formula is C10H11N3O3S. The summed E-state index contributed by atoms with van der Waals surface area (Å²) in [6, 6.07) is 6.92. The number of carbonyl (C=O) groups excluding carboxylic acids is 1. The van der Waals surface area contributed by atoms with E-state index >= 15 is 0 Å². The van der Waals surface area contributed by atoms with Crippen LogP contribution in [0.15, 0.2) is 29.4 Å². The predicted octanol–water partition coefficient (Wildman–Crippen LogP) is 0.778. The number of fused-ring (bicyclic) bond motifs is 1. The lowest BCUT2D eigenvalue weighted by Crippen LogP contribution is -2.30. The molecule has 0 saturated heterocycles. The second kappa shape index (κ2) is 4.17. The molecule has 0 radical (unpaired) electrons. The van der Waals surface area contributed by atoms with Crippen LogP contribution in [0.25, 0.3) is 11.0 Å². The minimum absolute atomic E-state index is 0.0967. The number of hydrogen-bond acceptors (Lipinski definition) is 4. The van der Waals surface area contributed by atoms with Crippen LogP contribution in [0.3, 0.4) is 0 Å². The fraction of sp³-hybridized carbons (Fsp3) is 0.200. The fourth-order valence-electron chi connectivity index (χ4n) is 1.33. The van der Waals surface area contributed by atoms with Crippen LogP contribution in [-0.4, -0.2) is 24.3 Å². The van der Waals surface area contributed by atoms with E-state index in [4.69, 9.17) is 0 Å². The summed E-state index contributed by atoms with van der Waals surface area (Å²) in [5.41, 5.74) is 1.15. The van der Waals surface area contributed by atoms with Gasteiger partial charge in [0.1, 0.15) is 0 Å². The van der Waals surface area contributed by atoms with Gasteiger partial charge in [0.15, 0.2) is 0 Å². The number of carbonyl (C=O) groups is 1. The van der Waals surface area contributed by atoms with Gasteiger partial charge in [-0.15, -0.1) is 0 Å². The Kier molecular flexibility index (Phi) is 2.84. The van der Waals surface area contributed by atoms with Crippen LogP contribution in [-0.2, 0) is 14.8 Å². The largest absolute Gasteiger partial charge is 0.327 e. The Morgan fingerprint density at radius 2 is 2.12 bits per heavy atom. The predicted molar refractivity (Wildman–Crippen MR) is 61.7 cm³/mol. The minimum Gasteiger partial charge on any atom is -0.327 e. The first kappa shape index (κ1) is 11.6. The molecule has 0 aliphatic carbocycles. The molecule has 1 aromatic heterocycles. The molecule has 0 saturated carbocycles. The van der Waals surface area contributed by atoms with Crippen molar-refractivity contribution in [1.29, 1.82) is 0 Å². The number of aromatic amines is 1. The Bertz CT molecular complexity index is 627. The van der Waals surface area contributed by atoms with Crippen molar-refractivity contribution < 1.29 is 13.2 Å². The van der Waals surface area contributed by atoms with E-state index in [-0.39, 0.29) is 11.6 Å². The van der Waals surface area contributed by atoms with E-state index in [2.05, 4.69) is 9.97 Å². The van der Waals surface area contributed by atoms with Crippen molar-refractivity contribution in [3.63, 3.8) is 0 Å². The SMILES string of the molecule is CCC(=O)NS(=O)(=O)c1nc2ccccc2[nH]1. The van der Waals surface area contributed by atoms with Gasteiger partial charge in [-0.1, -0.05) is 19.1 Å². The summed E-state index contributed by atoms with van der Waals surface area (Å²) in [4.78, 5) is 17.6. The maximum Gasteiger partial charge on any atom is 0.297 e. The van der Waals surface area contributed by atoms with E-state index in [0.29, 0.717) is 11.0 Å². The molecule has 17 heavy (non-hydrogen) atoms. The number of para-hydroxylation sites is 2. The van der Waals surface area contributed by atoms with Crippen molar-refractivity contribution in [3.05, 3.63) is 24.3 Å². The number of nitrogens with zero attached hydrogens (tertiary/aromatic N) is 1. The number of amides is 1. The average Bonchev–Trinajstić information content (AvgIpc) is 2.72. The number of aromatic nitrogens is 2. The van der Waals surface area contributed by atoms with Gasteiger partial charge in [0, 0.05) is 6.42 Å². The van der Waals surface area contributed by atoms with Crippen LogP contribution < -0.4 is 4.72 Å².